The van der Waals surface area contributed by atoms with Crippen LogP contribution < -0.4 is 5.32 Å². The van der Waals surface area contributed by atoms with Gasteiger partial charge in [0.1, 0.15) is 17.3 Å². The van der Waals surface area contributed by atoms with Gasteiger partial charge in [0.05, 0.1) is 15.6 Å². The van der Waals surface area contributed by atoms with E-state index >= 15 is 0 Å². The number of halogens is 8. The highest BCUT2D eigenvalue weighted by Gasteiger charge is 2.41. The van der Waals surface area contributed by atoms with E-state index in [0.29, 0.717) is 16.8 Å². The molecule has 144 valence electrons. The lowest BCUT2D eigenvalue weighted by atomic mass is 10.2. The van der Waals surface area contributed by atoms with Crippen LogP contribution in [-0.2, 0) is 17.1 Å². The lowest BCUT2D eigenvalue weighted by molar-refractivity contribution is -0.141. The molecule has 0 aliphatic carbocycles. The average molecular weight is 431 g/mol. The molecule has 1 aromatic heterocycles. The number of rotatable bonds is 2. The molecule has 13 heteroatoms. The molecule has 1 aromatic carbocycles. The summed E-state index contributed by atoms with van der Waals surface area (Å²) < 4.78 is 78.3. The van der Waals surface area contributed by atoms with Crippen molar-refractivity contribution in [3.8, 4) is 11.8 Å². The molecule has 5 nitrogen and oxygen atoms in total. The van der Waals surface area contributed by atoms with Crippen molar-refractivity contribution in [2.75, 3.05) is 5.32 Å². The predicted molar refractivity (Wildman–Crippen MR) is 82.6 cm³/mol. The average Bonchev–Trinajstić information content (AvgIpc) is 2.83. The normalized spacial score (nSPS) is 12.0. The lowest BCUT2D eigenvalue weighted by Gasteiger charge is -2.14. The van der Waals surface area contributed by atoms with Gasteiger partial charge < -0.3 is 5.32 Å². The first-order valence-corrected chi connectivity index (χ1v) is 7.47. The molecule has 0 spiro atoms. The number of nitriles is 1. The van der Waals surface area contributed by atoms with Gasteiger partial charge in [0.25, 0.3) is 0 Å². The van der Waals surface area contributed by atoms with E-state index in [4.69, 9.17) is 28.5 Å². The Bertz CT molecular complexity index is 935. The highest BCUT2D eigenvalue weighted by atomic mass is 35.5. The SMILES string of the molecule is CC(=O)Nc1c(C#N)c(C(F)(F)F)nn1-c1c(Cl)cc(C(F)(F)F)cc1Cl. The van der Waals surface area contributed by atoms with Crippen LogP contribution >= 0.6 is 23.2 Å². The van der Waals surface area contributed by atoms with Crippen LogP contribution in [0.2, 0.25) is 10.0 Å². The molecule has 0 saturated heterocycles. The van der Waals surface area contributed by atoms with Crippen LogP contribution in [0.1, 0.15) is 23.7 Å². The summed E-state index contributed by atoms with van der Waals surface area (Å²) in [4.78, 5) is 11.3. The second kappa shape index (κ2) is 6.94. The third kappa shape index (κ3) is 4.12. The number of carbonyl (C=O) groups is 1. The monoisotopic (exact) mass is 430 g/mol. The molecule has 0 atom stereocenters. The van der Waals surface area contributed by atoms with Crippen LogP contribution in [0.3, 0.4) is 0 Å². The zero-order valence-corrected chi connectivity index (χ0v) is 14.4. The van der Waals surface area contributed by atoms with Gasteiger partial charge in [0.2, 0.25) is 5.91 Å². The van der Waals surface area contributed by atoms with Gasteiger partial charge in [-0.2, -0.15) is 36.7 Å². The summed E-state index contributed by atoms with van der Waals surface area (Å²) in [5.74, 6) is -1.60. The smallest absolute Gasteiger partial charge is 0.310 e. The van der Waals surface area contributed by atoms with Crippen molar-refractivity contribution in [3.05, 3.63) is 39.0 Å². The van der Waals surface area contributed by atoms with Crippen molar-refractivity contribution in [2.24, 2.45) is 0 Å². The van der Waals surface area contributed by atoms with E-state index in [1.54, 1.807) is 0 Å². The maximum absolute atomic E-state index is 13.1. The summed E-state index contributed by atoms with van der Waals surface area (Å²) >= 11 is 11.6. The number of carbonyl (C=O) groups excluding carboxylic acids is 1. The van der Waals surface area contributed by atoms with Crippen LogP contribution in [0.15, 0.2) is 12.1 Å². The fraction of sp³-hybridized carbons (Fsp3) is 0.214. The van der Waals surface area contributed by atoms with E-state index in [2.05, 4.69) is 5.10 Å². The molecule has 0 aliphatic rings. The number of nitrogens with one attached hydrogen (secondary N) is 1. The molecule has 0 bridgehead atoms. The van der Waals surface area contributed by atoms with Gasteiger partial charge in [-0.1, -0.05) is 23.2 Å². The number of alkyl halides is 6. The summed E-state index contributed by atoms with van der Waals surface area (Å²) in [5.41, 5.74) is -4.53. The first-order valence-electron chi connectivity index (χ1n) is 6.72. The van der Waals surface area contributed by atoms with Gasteiger partial charge in [-0.15, -0.1) is 0 Å². The molecule has 2 rings (SSSR count). The first kappa shape index (κ1) is 20.9. The summed E-state index contributed by atoms with van der Waals surface area (Å²) in [7, 11) is 0. The predicted octanol–water partition coefficient (Wildman–Crippen LogP) is 5.05. The third-order valence-corrected chi connectivity index (χ3v) is 3.69. The van der Waals surface area contributed by atoms with Crippen molar-refractivity contribution < 1.29 is 31.1 Å². The minimum Gasteiger partial charge on any atom is -0.310 e. The van der Waals surface area contributed by atoms with E-state index in [0.717, 1.165) is 6.92 Å². The van der Waals surface area contributed by atoms with E-state index in [9.17, 15) is 31.1 Å². The molecule has 0 unspecified atom stereocenters. The Labute approximate surface area is 157 Å². The highest BCUT2D eigenvalue weighted by molar-refractivity contribution is 6.38. The highest BCUT2D eigenvalue weighted by Crippen LogP contribution is 2.41. The van der Waals surface area contributed by atoms with Crippen molar-refractivity contribution in [2.45, 2.75) is 19.3 Å². The zero-order valence-electron chi connectivity index (χ0n) is 12.9. The molecule has 0 radical (unpaired) electrons. The zero-order chi connectivity index (χ0) is 20.7. The number of nitrogens with zero attached hydrogens (tertiary/aromatic N) is 3. The summed E-state index contributed by atoms with van der Waals surface area (Å²) in [6.07, 6.45) is -9.90. The Morgan fingerprint density at radius 3 is 2.04 bits per heavy atom. The number of aromatic nitrogens is 2. The van der Waals surface area contributed by atoms with Crippen LogP contribution in [-0.4, -0.2) is 15.7 Å². The molecular formula is C14H6Cl2F6N4O. The van der Waals surface area contributed by atoms with Crippen LogP contribution in [0.25, 0.3) is 5.69 Å². The lowest BCUT2D eigenvalue weighted by Crippen LogP contribution is -2.13. The molecule has 1 amide bonds. The third-order valence-electron chi connectivity index (χ3n) is 3.12. The molecule has 0 fully saturated rings. The molecule has 0 aliphatic heterocycles. The second-order valence-corrected chi connectivity index (χ2v) is 5.88. The summed E-state index contributed by atoms with van der Waals surface area (Å²) in [6.45, 7) is 0.946. The fourth-order valence-corrected chi connectivity index (χ4v) is 2.75. The second-order valence-electron chi connectivity index (χ2n) is 5.06. The van der Waals surface area contributed by atoms with Gasteiger partial charge >= 0.3 is 12.4 Å². The number of amides is 1. The van der Waals surface area contributed by atoms with E-state index in [1.165, 1.54) is 6.07 Å². The van der Waals surface area contributed by atoms with Crippen molar-refractivity contribution in [1.82, 2.24) is 9.78 Å². The van der Waals surface area contributed by atoms with E-state index in [1.807, 2.05) is 5.32 Å². The maximum Gasteiger partial charge on any atom is 0.436 e. The molecule has 27 heavy (non-hydrogen) atoms. The quantitative estimate of drug-likeness (QED) is 0.677. The molecule has 0 saturated carbocycles. The van der Waals surface area contributed by atoms with Gasteiger partial charge in [-0.25, -0.2) is 4.68 Å². The largest absolute Gasteiger partial charge is 0.436 e. The van der Waals surface area contributed by atoms with Crippen molar-refractivity contribution in [1.29, 1.82) is 5.26 Å². The molecule has 2 aromatic rings. The maximum atomic E-state index is 13.1. The van der Waals surface area contributed by atoms with Gasteiger partial charge in [0, 0.05) is 6.92 Å². The molecule has 1 N–H and O–H groups in total. The Hall–Kier alpha value is -2.45. The van der Waals surface area contributed by atoms with E-state index in [-0.39, 0.29) is 0 Å². The topological polar surface area (TPSA) is 70.7 Å². The number of hydrogen-bond acceptors (Lipinski definition) is 3. The Morgan fingerprint density at radius 1 is 1.15 bits per heavy atom. The van der Waals surface area contributed by atoms with Crippen LogP contribution in [0.5, 0.6) is 0 Å². The van der Waals surface area contributed by atoms with Crippen molar-refractivity contribution in [3.63, 3.8) is 0 Å². The molecular weight excluding hydrogens is 425 g/mol. The summed E-state index contributed by atoms with van der Waals surface area (Å²) in [6, 6.07) is 2.12. The first-order chi connectivity index (χ1) is 12.3. The summed E-state index contributed by atoms with van der Waals surface area (Å²) in [5, 5.41) is 12.8. The fourth-order valence-electron chi connectivity index (χ4n) is 2.10. The Kier molecular flexibility index (Phi) is 5.36. The Balaban J connectivity index is 2.85. The number of benzene rings is 1. The number of anilines is 1. The van der Waals surface area contributed by atoms with Crippen LogP contribution in [0.4, 0.5) is 32.2 Å². The minimum atomic E-state index is -5.09. The Morgan fingerprint density at radius 2 is 1.67 bits per heavy atom. The van der Waals surface area contributed by atoms with Crippen molar-refractivity contribution >= 4 is 34.9 Å². The van der Waals surface area contributed by atoms with Crippen LogP contribution in [0, 0.1) is 11.3 Å². The number of hydrogen-bond donors (Lipinski definition) is 1. The standard InChI is InChI=1S/C14H6Cl2F6N4O/c1-5(27)24-12-7(4-23)11(14(20,21)22)25-26(12)10-8(15)2-6(3-9(10)16)13(17,18)19/h2-3H,1H3,(H,24,27). The van der Waals surface area contributed by atoms with Gasteiger partial charge in [-0.05, 0) is 12.1 Å². The van der Waals surface area contributed by atoms with Gasteiger partial charge in [0.15, 0.2) is 11.5 Å². The van der Waals surface area contributed by atoms with E-state index < -0.39 is 56.6 Å². The molecule has 1 heterocycles. The van der Waals surface area contributed by atoms with Gasteiger partial charge in [-0.3, -0.25) is 4.79 Å². The minimum absolute atomic E-state index is 0.369.